The fourth-order valence-corrected chi connectivity index (χ4v) is 14.8. The lowest BCUT2D eigenvalue weighted by Gasteiger charge is -2.44. The van der Waals surface area contributed by atoms with Gasteiger partial charge in [-0.1, -0.05) is 271 Å². The van der Waals surface area contributed by atoms with Gasteiger partial charge in [0.15, 0.2) is 0 Å². The van der Waals surface area contributed by atoms with Crippen molar-refractivity contribution in [2.45, 2.75) is 178 Å². The van der Waals surface area contributed by atoms with Crippen molar-refractivity contribution in [3.8, 4) is 56.0 Å². The van der Waals surface area contributed by atoms with E-state index in [1.54, 1.807) is 0 Å². The highest BCUT2D eigenvalue weighted by molar-refractivity contribution is 6.99. The molecule has 1 aliphatic carbocycles. The quantitative estimate of drug-likeness (QED) is 0.127. The Morgan fingerprint density at radius 3 is 1.65 bits per heavy atom. The number of allylic oxidation sites excluding steroid dienone is 4. The Kier molecular flexibility index (Phi) is 14.5. The molecule has 0 N–H and O–H groups in total. The molecule has 85 heavy (non-hydrogen) atoms. The summed E-state index contributed by atoms with van der Waals surface area (Å²) >= 11 is 0. The third kappa shape index (κ3) is 9.61. The molecule has 2 nitrogen and oxygen atoms in total. The van der Waals surface area contributed by atoms with Crippen LogP contribution in [0.4, 0.5) is 17.1 Å². The van der Waals surface area contributed by atoms with E-state index >= 15 is 0 Å². The molecule has 0 amide bonds. The van der Waals surface area contributed by atoms with Gasteiger partial charge in [-0.25, -0.2) is 0 Å². The normalized spacial score (nSPS) is 16.5. The van der Waals surface area contributed by atoms with Crippen LogP contribution in [-0.2, 0) is 16.2 Å². The first-order valence-electron chi connectivity index (χ1n) is 32.2. The van der Waals surface area contributed by atoms with Crippen molar-refractivity contribution in [2.24, 2.45) is 17.8 Å². The van der Waals surface area contributed by atoms with Crippen molar-refractivity contribution in [3.63, 3.8) is 0 Å². The van der Waals surface area contributed by atoms with Gasteiger partial charge in [-0.15, -0.1) is 0 Å². The summed E-state index contributed by atoms with van der Waals surface area (Å²) in [6, 6.07) is 58.0. The third-order valence-corrected chi connectivity index (χ3v) is 20.8. The van der Waals surface area contributed by atoms with Crippen molar-refractivity contribution < 1.29 is 4.74 Å². The van der Waals surface area contributed by atoms with Gasteiger partial charge in [-0.05, 0) is 181 Å². The van der Waals surface area contributed by atoms with Gasteiger partial charge in [0, 0.05) is 28.4 Å². The van der Waals surface area contributed by atoms with Crippen molar-refractivity contribution in [1.29, 1.82) is 0 Å². The molecule has 3 heterocycles. The summed E-state index contributed by atoms with van der Waals surface area (Å²) in [5.41, 5.74) is 32.0. The summed E-state index contributed by atoms with van der Waals surface area (Å²) in [6.07, 6.45) is 2.58. The van der Waals surface area contributed by atoms with Crippen LogP contribution < -0.4 is 26.0 Å². The predicted molar refractivity (Wildman–Crippen MR) is 369 cm³/mol. The Hall–Kier alpha value is -7.10. The van der Waals surface area contributed by atoms with Gasteiger partial charge in [0.1, 0.15) is 11.5 Å². The third-order valence-electron chi connectivity index (χ3n) is 20.8. The molecule has 8 aromatic rings. The largest absolute Gasteiger partial charge is 0.458 e. The maximum absolute atomic E-state index is 7.56. The van der Waals surface area contributed by atoms with Gasteiger partial charge in [0.05, 0.1) is 5.69 Å². The van der Waals surface area contributed by atoms with Crippen LogP contribution in [0.5, 0.6) is 11.5 Å². The van der Waals surface area contributed by atoms with E-state index in [-0.39, 0.29) is 40.7 Å². The summed E-state index contributed by atoms with van der Waals surface area (Å²) in [5.74, 6) is 4.06. The minimum Gasteiger partial charge on any atom is -0.458 e. The van der Waals surface area contributed by atoms with Gasteiger partial charge in [-0.2, -0.15) is 0 Å². The number of nitrogens with zero attached hydrogens (tertiary/aromatic N) is 1. The molecule has 0 saturated heterocycles. The zero-order valence-electron chi connectivity index (χ0n) is 54.9. The van der Waals surface area contributed by atoms with Crippen molar-refractivity contribution in [2.75, 3.05) is 4.90 Å². The number of para-hydroxylation sites is 1. The monoisotopic (exact) mass is 1120 g/mol. The van der Waals surface area contributed by atoms with Gasteiger partial charge in [0.25, 0.3) is 6.71 Å². The van der Waals surface area contributed by atoms with Crippen LogP contribution >= 0.6 is 0 Å². The van der Waals surface area contributed by atoms with E-state index in [1.807, 2.05) is 0 Å². The Labute approximate surface area is 512 Å². The Morgan fingerprint density at radius 1 is 0.471 bits per heavy atom. The van der Waals surface area contributed by atoms with Crippen LogP contribution in [0, 0.1) is 17.8 Å². The molecular weight excluding hydrogens is 1030 g/mol. The van der Waals surface area contributed by atoms with Crippen LogP contribution in [0.1, 0.15) is 207 Å². The average molecular weight is 1120 g/mol. The first kappa shape index (κ1) is 58.3. The van der Waals surface area contributed by atoms with E-state index in [0.717, 1.165) is 22.6 Å². The fourth-order valence-electron chi connectivity index (χ4n) is 14.8. The first-order valence-corrected chi connectivity index (χ1v) is 32.2. The Bertz CT molecular complexity index is 4020. The maximum atomic E-state index is 7.56. The maximum Gasteiger partial charge on any atom is 0.256 e. The number of hydrogen-bond donors (Lipinski definition) is 0. The number of rotatable bonds is 10. The highest BCUT2D eigenvalue weighted by Crippen LogP contribution is 2.56. The summed E-state index contributed by atoms with van der Waals surface area (Å²) in [5, 5.41) is 0. The van der Waals surface area contributed by atoms with Crippen LogP contribution in [0.15, 0.2) is 163 Å². The second kappa shape index (κ2) is 21.1. The molecule has 4 aliphatic rings. The van der Waals surface area contributed by atoms with E-state index in [0.29, 0.717) is 23.7 Å². The molecule has 434 valence electrons. The smallest absolute Gasteiger partial charge is 0.256 e. The highest BCUT2D eigenvalue weighted by Gasteiger charge is 2.46. The van der Waals surface area contributed by atoms with Crippen molar-refractivity contribution >= 4 is 45.7 Å². The summed E-state index contributed by atoms with van der Waals surface area (Å²) in [7, 11) is 0. The summed E-state index contributed by atoms with van der Waals surface area (Å²) in [6.45, 7) is 48.0. The van der Waals surface area contributed by atoms with Gasteiger partial charge < -0.3 is 9.64 Å². The van der Waals surface area contributed by atoms with Gasteiger partial charge in [0.2, 0.25) is 0 Å². The van der Waals surface area contributed by atoms with E-state index in [2.05, 4.69) is 295 Å². The number of hydrogen-bond acceptors (Lipinski definition) is 2. The molecule has 8 aromatic carbocycles. The van der Waals surface area contributed by atoms with Gasteiger partial charge >= 0.3 is 0 Å². The second-order valence-electron chi connectivity index (χ2n) is 29.8. The molecule has 1 unspecified atom stereocenters. The van der Waals surface area contributed by atoms with Gasteiger partial charge in [-0.3, -0.25) is 0 Å². The number of fused-ring (bicyclic) bond motifs is 8. The second-order valence-corrected chi connectivity index (χ2v) is 29.8. The first-order chi connectivity index (χ1) is 40.2. The zero-order valence-corrected chi connectivity index (χ0v) is 54.9. The minimum atomic E-state index is -0.262. The molecule has 3 heteroatoms. The Morgan fingerprint density at radius 2 is 1.05 bits per heavy atom. The number of anilines is 3. The molecule has 0 saturated carbocycles. The van der Waals surface area contributed by atoms with Crippen LogP contribution in [0.25, 0.3) is 50.1 Å². The SMILES string of the molecule is CC(C)C1=CC(C(C)C)=C(c2cccc(-c3c(C(C)C)cc(C(C)C)cc3C(C)C)c2N2c3ccc4cc3B3c5cc(ccc5Oc5cc(-c6ccccc6)cc2c53)-c2cc(C(C)C)cc(c2)C(C)(C)C(C)(C)c2cc-4cc(C(C)(C)C)c2)C1C. The number of benzene rings is 8. The molecule has 0 spiro atoms. The van der Waals surface area contributed by atoms with E-state index < -0.39 is 0 Å². The van der Waals surface area contributed by atoms with Crippen LogP contribution in [-0.4, -0.2) is 6.71 Å². The zero-order chi connectivity index (χ0) is 60.7. The van der Waals surface area contributed by atoms with E-state index in [1.165, 1.54) is 128 Å². The summed E-state index contributed by atoms with van der Waals surface area (Å²) in [4.78, 5) is 2.74. The lowest BCUT2D eigenvalue weighted by Crippen LogP contribution is -2.59. The molecule has 3 aliphatic heterocycles. The minimum absolute atomic E-state index is 0.0922. The molecule has 0 fully saturated rings. The predicted octanol–water partition coefficient (Wildman–Crippen LogP) is 21.8. The number of ether oxygens (including phenoxy) is 1. The lowest BCUT2D eigenvalue weighted by molar-refractivity contribution is 0.302. The van der Waals surface area contributed by atoms with Crippen molar-refractivity contribution in [1.82, 2.24) is 0 Å². The molecule has 0 aromatic heterocycles. The topological polar surface area (TPSA) is 12.5 Å². The fraction of sp³-hybridized carbons (Fsp3) is 0.366. The average Bonchev–Trinajstić information content (AvgIpc) is 1.13. The standard InChI is InChI=1S/C82H92BNO/c1-46(2)56-33-58-36-62(34-56)81(17,18)82(19,20)63-37-59(35-61(44-63)80(14,15)16)54-29-31-72-70(40-54)83-71-41-55(58)30-32-74(71)85-75-43-60(53-25-22-21-23-26-53)42-73(78(75)83)84(72)79-64(76-52(13)66(48(5)6)45-69(76)51(11)12)27-24-28-65(79)77-67(49(7)8)38-57(47(3)4)39-68(77)50(9)10/h21-52H,1-20H3. The van der Waals surface area contributed by atoms with Crippen molar-refractivity contribution in [3.05, 3.63) is 207 Å². The summed E-state index contributed by atoms with van der Waals surface area (Å²) < 4.78 is 7.56. The lowest BCUT2D eigenvalue weighted by atomic mass is 9.34. The van der Waals surface area contributed by atoms with Crippen LogP contribution in [0.2, 0.25) is 0 Å². The highest BCUT2D eigenvalue weighted by atomic mass is 16.5. The molecule has 1 atom stereocenters. The van der Waals surface area contributed by atoms with E-state index in [4.69, 9.17) is 4.74 Å². The Balaban J connectivity index is 1.28. The van der Waals surface area contributed by atoms with E-state index in [9.17, 15) is 0 Å². The molecule has 8 bridgehead atoms. The molecule has 12 rings (SSSR count). The molecule has 0 radical (unpaired) electrons. The molecular formula is C82H92BNO. The van der Waals surface area contributed by atoms with Crippen LogP contribution in [0.3, 0.4) is 0 Å².